The molecular formula is C13H18ClN. The van der Waals surface area contributed by atoms with E-state index < -0.39 is 0 Å². The summed E-state index contributed by atoms with van der Waals surface area (Å²) in [4.78, 5) is 0. The number of rotatable bonds is 4. The Morgan fingerprint density at radius 2 is 1.87 bits per heavy atom. The van der Waals surface area contributed by atoms with Gasteiger partial charge in [-0.2, -0.15) is 0 Å². The van der Waals surface area contributed by atoms with Gasteiger partial charge in [0.1, 0.15) is 0 Å². The fourth-order valence-corrected chi connectivity index (χ4v) is 2.49. The molecule has 0 saturated heterocycles. The first-order chi connectivity index (χ1) is 7.29. The highest BCUT2D eigenvalue weighted by Crippen LogP contribution is 2.36. The molecule has 0 radical (unpaired) electrons. The third-order valence-electron chi connectivity index (χ3n) is 3.45. The maximum atomic E-state index is 5.86. The molecule has 1 fully saturated rings. The molecule has 2 atom stereocenters. The molecule has 82 valence electrons. The lowest BCUT2D eigenvalue weighted by Crippen LogP contribution is -2.35. The highest BCUT2D eigenvalue weighted by molar-refractivity contribution is 6.30. The smallest absolute Gasteiger partial charge is 0.0406 e. The Bertz CT molecular complexity index is 307. The zero-order valence-electron chi connectivity index (χ0n) is 9.17. The molecule has 1 aromatic rings. The molecule has 0 bridgehead atoms. The van der Waals surface area contributed by atoms with Crippen molar-refractivity contribution in [3.8, 4) is 0 Å². The van der Waals surface area contributed by atoms with E-state index in [0.29, 0.717) is 0 Å². The molecule has 2 heteroatoms. The third kappa shape index (κ3) is 2.73. The van der Waals surface area contributed by atoms with Gasteiger partial charge in [-0.1, -0.05) is 23.7 Å². The molecule has 0 amide bonds. The number of hydrogen-bond donors (Lipinski definition) is 1. The van der Waals surface area contributed by atoms with Crippen LogP contribution in [-0.4, -0.2) is 13.6 Å². The summed E-state index contributed by atoms with van der Waals surface area (Å²) in [5.41, 5.74) is 1.42. The van der Waals surface area contributed by atoms with Crippen molar-refractivity contribution in [1.82, 2.24) is 5.32 Å². The summed E-state index contributed by atoms with van der Waals surface area (Å²) in [5, 5.41) is 4.11. The maximum Gasteiger partial charge on any atom is 0.0406 e. The number of benzene rings is 1. The molecule has 15 heavy (non-hydrogen) atoms. The van der Waals surface area contributed by atoms with Crippen LogP contribution >= 0.6 is 11.6 Å². The van der Waals surface area contributed by atoms with Crippen LogP contribution in [-0.2, 0) is 6.42 Å². The molecule has 0 heterocycles. The van der Waals surface area contributed by atoms with Crippen LogP contribution in [0.3, 0.4) is 0 Å². The summed E-state index contributed by atoms with van der Waals surface area (Å²) in [7, 11) is 2.04. The number of halogens is 1. The second-order valence-electron chi connectivity index (χ2n) is 4.49. The van der Waals surface area contributed by atoms with Crippen LogP contribution in [0.5, 0.6) is 0 Å². The summed E-state index contributed by atoms with van der Waals surface area (Å²) in [6, 6.07) is 8.28. The second-order valence-corrected chi connectivity index (χ2v) is 4.92. The van der Waals surface area contributed by atoms with Gasteiger partial charge in [-0.3, -0.25) is 0 Å². The lowest BCUT2D eigenvalue weighted by atomic mass is 9.71. The minimum atomic E-state index is 0.833. The lowest BCUT2D eigenvalue weighted by molar-refractivity contribution is 0.174. The molecular weight excluding hydrogens is 206 g/mol. The van der Waals surface area contributed by atoms with E-state index in [0.717, 1.165) is 23.4 Å². The predicted molar refractivity (Wildman–Crippen MR) is 65.3 cm³/mol. The van der Waals surface area contributed by atoms with Gasteiger partial charge >= 0.3 is 0 Å². The van der Waals surface area contributed by atoms with E-state index in [4.69, 9.17) is 11.6 Å². The van der Waals surface area contributed by atoms with Gasteiger partial charge in [-0.25, -0.2) is 0 Å². The van der Waals surface area contributed by atoms with Crippen LogP contribution in [0.15, 0.2) is 24.3 Å². The monoisotopic (exact) mass is 223 g/mol. The zero-order valence-corrected chi connectivity index (χ0v) is 9.93. The van der Waals surface area contributed by atoms with Crippen LogP contribution in [0, 0.1) is 11.8 Å². The summed E-state index contributed by atoms with van der Waals surface area (Å²) in [6.07, 6.45) is 3.98. The average molecular weight is 224 g/mol. The average Bonchev–Trinajstić information content (AvgIpc) is 2.23. The van der Waals surface area contributed by atoms with Gasteiger partial charge in [-0.05, 0) is 62.4 Å². The standard InChI is InChI=1S/C13H18ClN/c1-15-9-12-5-4-11(12)8-10-2-6-13(14)7-3-10/h2-3,6-7,11-12,15H,4-5,8-9H2,1H3. The Morgan fingerprint density at radius 1 is 1.20 bits per heavy atom. The van der Waals surface area contributed by atoms with Crippen LogP contribution in [0.1, 0.15) is 18.4 Å². The molecule has 1 nitrogen and oxygen atoms in total. The van der Waals surface area contributed by atoms with Crippen molar-refractivity contribution < 1.29 is 0 Å². The highest BCUT2D eigenvalue weighted by Gasteiger charge is 2.29. The van der Waals surface area contributed by atoms with Crippen molar-refractivity contribution in [2.75, 3.05) is 13.6 Å². The van der Waals surface area contributed by atoms with Gasteiger partial charge in [0.15, 0.2) is 0 Å². The van der Waals surface area contributed by atoms with Crippen molar-refractivity contribution in [2.45, 2.75) is 19.3 Å². The van der Waals surface area contributed by atoms with E-state index in [9.17, 15) is 0 Å². The molecule has 1 aliphatic carbocycles. The minimum absolute atomic E-state index is 0.833. The fourth-order valence-electron chi connectivity index (χ4n) is 2.36. The van der Waals surface area contributed by atoms with Crippen molar-refractivity contribution >= 4 is 11.6 Å². The van der Waals surface area contributed by atoms with Crippen LogP contribution in [0.25, 0.3) is 0 Å². The second kappa shape index (κ2) is 5.00. The van der Waals surface area contributed by atoms with E-state index in [1.54, 1.807) is 0 Å². The molecule has 0 spiro atoms. The van der Waals surface area contributed by atoms with E-state index in [1.807, 2.05) is 19.2 Å². The summed E-state index contributed by atoms with van der Waals surface area (Å²) in [6.45, 7) is 1.16. The third-order valence-corrected chi connectivity index (χ3v) is 3.70. The Morgan fingerprint density at radius 3 is 2.40 bits per heavy atom. The number of nitrogens with one attached hydrogen (secondary N) is 1. The molecule has 1 saturated carbocycles. The first-order valence-electron chi connectivity index (χ1n) is 5.68. The van der Waals surface area contributed by atoms with E-state index in [1.165, 1.54) is 24.8 Å². The molecule has 1 aromatic carbocycles. The molecule has 1 aliphatic rings. The van der Waals surface area contributed by atoms with Gasteiger partial charge in [0.2, 0.25) is 0 Å². The highest BCUT2D eigenvalue weighted by atomic mass is 35.5. The van der Waals surface area contributed by atoms with Gasteiger partial charge in [-0.15, -0.1) is 0 Å². The maximum absolute atomic E-state index is 5.86. The van der Waals surface area contributed by atoms with Gasteiger partial charge in [0, 0.05) is 5.02 Å². The van der Waals surface area contributed by atoms with Crippen molar-refractivity contribution in [3.05, 3.63) is 34.9 Å². The summed E-state index contributed by atoms with van der Waals surface area (Å²) in [5.74, 6) is 1.75. The molecule has 2 unspecified atom stereocenters. The van der Waals surface area contributed by atoms with Gasteiger partial charge < -0.3 is 5.32 Å². The van der Waals surface area contributed by atoms with Crippen LogP contribution < -0.4 is 5.32 Å². The normalized spacial score (nSPS) is 24.9. The van der Waals surface area contributed by atoms with Crippen molar-refractivity contribution in [1.29, 1.82) is 0 Å². The summed E-state index contributed by atoms with van der Waals surface area (Å²) < 4.78 is 0. The Labute approximate surface area is 96.8 Å². The fraction of sp³-hybridized carbons (Fsp3) is 0.538. The molecule has 0 aliphatic heterocycles. The van der Waals surface area contributed by atoms with Crippen molar-refractivity contribution in [3.63, 3.8) is 0 Å². The van der Waals surface area contributed by atoms with E-state index >= 15 is 0 Å². The Kier molecular flexibility index (Phi) is 3.66. The molecule has 1 N–H and O–H groups in total. The van der Waals surface area contributed by atoms with Gasteiger partial charge in [0.25, 0.3) is 0 Å². The minimum Gasteiger partial charge on any atom is -0.319 e. The largest absolute Gasteiger partial charge is 0.319 e. The topological polar surface area (TPSA) is 12.0 Å². The SMILES string of the molecule is CNCC1CCC1Cc1ccc(Cl)cc1. The van der Waals surface area contributed by atoms with Gasteiger partial charge in [0.05, 0.1) is 0 Å². The quantitative estimate of drug-likeness (QED) is 0.827. The molecule has 2 rings (SSSR count). The first-order valence-corrected chi connectivity index (χ1v) is 6.06. The van der Waals surface area contributed by atoms with Crippen molar-refractivity contribution in [2.24, 2.45) is 11.8 Å². The molecule has 0 aromatic heterocycles. The zero-order chi connectivity index (χ0) is 10.7. The van der Waals surface area contributed by atoms with E-state index in [2.05, 4.69) is 17.4 Å². The lowest BCUT2D eigenvalue weighted by Gasteiger charge is -2.36. The number of hydrogen-bond acceptors (Lipinski definition) is 1. The van der Waals surface area contributed by atoms with Crippen LogP contribution in [0.2, 0.25) is 5.02 Å². The van der Waals surface area contributed by atoms with Crippen LogP contribution in [0.4, 0.5) is 0 Å². The Hall–Kier alpha value is -0.530. The predicted octanol–water partition coefficient (Wildman–Crippen LogP) is 3.13. The Balaban J connectivity index is 1.89. The summed E-state index contributed by atoms with van der Waals surface area (Å²) >= 11 is 5.86. The first kappa shape index (κ1) is 11.0. The van der Waals surface area contributed by atoms with E-state index in [-0.39, 0.29) is 0 Å².